The number of benzene rings is 1. The van der Waals surface area contributed by atoms with Crippen LogP contribution in [0.5, 0.6) is 11.5 Å². The van der Waals surface area contributed by atoms with Gasteiger partial charge in [-0.1, -0.05) is 13.8 Å². The van der Waals surface area contributed by atoms with Crippen LogP contribution in [0.2, 0.25) is 0 Å². The topological polar surface area (TPSA) is 73.6 Å². The van der Waals surface area contributed by atoms with E-state index in [9.17, 15) is 4.79 Å². The average Bonchev–Trinajstić information content (AvgIpc) is 2.96. The fourth-order valence-electron chi connectivity index (χ4n) is 1.94. The predicted octanol–water partition coefficient (Wildman–Crippen LogP) is 3.07. The van der Waals surface area contributed by atoms with Crippen LogP contribution < -0.4 is 14.8 Å². The minimum Gasteiger partial charge on any atom is -0.493 e. The molecule has 0 saturated heterocycles. The van der Waals surface area contributed by atoms with Crippen LogP contribution in [0, 0.1) is 0 Å². The van der Waals surface area contributed by atoms with Crippen molar-refractivity contribution >= 4 is 11.6 Å². The van der Waals surface area contributed by atoms with Crippen LogP contribution in [0.3, 0.4) is 0 Å². The van der Waals surface area contributed by atoms with Crippen molar-refractivity contribution in [3.05, 3.63) is 36.0 Å². The Morgan fingerprint density at radius 3 is 2.57 bits per heavy atom. The first kappa shape index (κ1) is 14.9. The number of amides is 1. The van der Waals surface area contributed by atoms with Gasteiger partial charge in [0, 0.05) is 11.8 Å². The summed E-state index contributed by atoms with van der Waals surface area (Å²) in [5.41, 5.74) is 1.22. The number of methoxy groups -OCH3 is 2. The average molecular weight is 290 g/mol. The summed E-state index contributed by atoms with van der Waals surface area (Å²) in [5.74, 6) is 1.12. The van der Waals surface area contributed by atoms with Crippen LogP contribution in [-0.4, -0.2) is 25.1 Å². The maximum absolute atomic E-state index is 12.2. The number of ether oxygens (including phenoxy) is 2. The fraction of sp³-hybridized carbons (Fsp3) is 0.333. The summed E-state index contributed by atoms with van der Waals surface area (Å²) in [4.78, 5) is 16.3. The van der Waals surface area contributed by atoms with Gasteiger partial charge in [0.25, 0.3) is 5.91 Å². The van der Waals surface area contributed by atoms with E-state index in [4.69, 9.17) is 13.9 Å². The van der Waals surface area contributed by atoms with Crippen LogP contribution in [0.25, 0.3) is 0 Å². The molecular weight excluding hydrogens is 272 g/mol. The number of carbonyl (C=O) groups excluding carboxylic acids is 1. The van der Waals surface area contributed by atoms with Crippen LogP contribution in [-0.2, 0) is 0 Å². The third-order valence-electron chi connectivity index (χ3n) is 2.99. The molecule has 6 heteroatoms. The Balaban J connectivity index is 2.21. The minimum absolute atomic E-state index is 0.106. The number of nitrogens with zero attached hydrogens (tertiary/aromatic N) is 1. The monoisotopic (exact) mass is 290 g/mol. The Morgan fingerprint density at radius 1 is 1.24 bits per heavy atom. The van der Waals surface area contributed by atoms with Gasteiger partial charge in [0.1, 0.15) is 0 Å². The first-order chi connectivity index (χ1) is 10.1. The number of hydrogen-bond donors (Lipinski definition) is 1. The van der Waals surface area contributed by atoms with E-state index in [-0.39, 0.29) is 17.6 Å². The van der Waals surface area contributed by atoms with Crippen molar-refractivity contribution in [2.45, 2.75) is 19.8 Å². The lowest BCUT2D eigenvalue weighted by atomic mass is 10.1. The first-order valence-corrected chi connectivity index (χ1v) is 6.53. The quantitative estimate of drug-likeness (QED) is 0.916. The van der Waals surface area contributed by atoms with E-state index >= 15 is 0 Å². The molecule has 0 aliphatic carbocycles. The molecule has 2 aromatic rings. The molecule has 0 saturated carbocycles. The Bertz CT molecular complexity index is 634. The Morgan fingerprint density at radius 2 is 1.95 bits per heavy atom. The number of aromatic nitrogens is 1. The zero-order valence-electron chi connectivity index (χ0n) is 12.5. The summed E-state index contributed by atoms with van der Waals surface area (Å²) in [5, 5.41) is 2.76. The second-order valence-electron chi connectivity index (χ2n) is 4.75. The van der Waals surface area contributed by atoms with E-state index in [0.717, 1.165) is 0 Å². The van der Waals surface area contributed by atoms with Crippen molar-refractivity contribution in [3.63, 3.8) is 0 Å². The Labute approximate surface area is 123 Å². The normalized spacial score (nSPS) is 10.5. The third-order valence-corrected chi connectivity index (χ3v) is 2.99. The Hall–Kier alpha value is -2.50. The molecular formula is C15H18N2O4. The maximum atomic E-state index is 12.2. The highest BCUT2D eigenvalue weighted by Crippen LogP contribution is 2.30. The molecule has 1 aromatic heterocycles. The molecule has 1 N–H and O–H groups in total. The van der Waals surface area contributed by atoms with Crippen LogP contribution >= 0.6 is 0 Å². The number of carbonyl (C=O) groups is 1. The van der Waals surface area contributed by atoms with Gasteiger partial charge < -0.3 is 19.2 Å². The van der Waals surface area contributed by atoms with Crippen molar-refractivity contribution in [1.29, 1.82) is 0 Å². The molecule has 21 heavy (non-hydrogen) atoms. The van der Waals surface area contributed by atoms with Gasteiger partial charge in [-0.2, -0.15) is 0 Å². The van der Waals surface area contributed by atoms with E-state index in [2.05, 4.69) is 10.3 Å². The zero-order valence-corrected chi connectivity index (χ0v) is 12.5. The van der Waals surface area contributed by atoms with Gasteiger partial charge in [-0.15, -0.1) is 0 Å². The van der Waals surface area contributed by atoms with Gasteiger partial charge in [0.2, 0.25) is 5.76 Å². The zero-order chi connectivity index (χ0) is 15.4. The van der Waals surface area contributed by atoms with E-state index in [0.29, 0.717) is 22.9 Å². The standard InChI is InChI=1S/C15H18N2O4/c1-9(2)13-14(21-8-16-13)15(18)17-10-5-6-11(19-3)12(7-10)20-4/h5-9H,1-4H3,(H,17,18). The molecule has 2 rings (SSSR count). The highest BCUT2D eigenvalue weighted by molar-refractivity contribution is 6.03. The second kappa shape index (κ2) is 6.30. The minimum atomic E-state index is -0.344. The van der Waals surface area contributed by atoms with Gasteiger partial charge in [0.15, 0.2) is 17.9 Å². The number of rotatable bonds is 5. The van der Waals surface area contributed by atoms with Gasteiger partial charge in [-0.05, 0) is 18.1 Å². The summed E-state index contributed by atoms with van der Waals surface area (Å²) in [6.45, 7) is 3.90. The molecule has 0 spiro atoms. The second-order valence-corrected chi connectivity index (χ2v) is 4.75. The lowest BCUT2D eigenvalue weighted by Gasteiger charge is -2.10. The molecule has 1 amide bonds. The van der Waals surface area contributed by atoms with Crippen molar-refractivity contribution in [1.82, 2.24) is 4.98 Å². The molecule has 0 atom stereocenters. The van der Waals surface area contributed by atoms with Crippen LogP contribution in [0.1, 0.15) is 36.0 Å². The predicted molar refractivity (Wildman–Crippen MR) is 78.1 cm³/mol. The molecule has 0 radical (unpaired) electrons. The van der Waals surface area contributed by atoms with Crippen molar-refractivity contribution in [3.8, 4) is 11.5 Å². The smallest absolute Gasteiger partial charge is 0.293 e. The lowest BCUT2D eigenvalue weighted by Crippen LogP contribution is -2.13. The number of hydrogen-bond acceptors (Lipinski definition) is 5. The first-order valence-electron chi connectivity index (χ1n) is 6.53. The summed E-state index contributed by atoms with van der Waals surface area (Å²) < 4.78 is 15.5. The van der Waals surface area contributed by atoms with Crippen molar-refractivity contribution in [2.75, 3.05) is 19.5 Å². The van der Waals surface area contributed by atoms with E-state index in [1.807, 2.05) is 13.8 Å². The summed E-state index contributed by atoms with van der Waals surface area (Å²) in [6.07, 6.45) is 1.28. The van der Waals surface area contributed by atoms with E-state index in [1.54, 1.807) is 25.3 Å². The fourth-order valence-corrected chi connectivity index (χ4v) is 1.94. The van der Waals surface area contributed by atoms with E-state index in [1.165, 1.54) is 13.5 Å². The molecule has 0 bridgehead atoms. The number of oxazole rings is 1. The van der Waals surface area contributed by atoms with Gasteiger partial charge >= 0.3 is 0 Å². The van der Waals surface area contributed by atoms with Gasteiger partial charge in [-0.3, -0.25) is 4.79 Å². The highest BCUT2D eigenvalue weighted by atomic mass is 16.5. The van der Waals surface area contributed by atoms with Crippen LogP contribution in [0.15, 0.2) is 29.0 Å². The highest BCUT2D eigenvalue weighted by Gasteiger charge is 2.19. The Kier molecular flexibility index (Phi) is 4.47. The molecule has 112 valence electrons. The summed E-state index contributed by atoms with van der Waals surface area (Å²) in [6, 6.07) is 5.13. The van der Waals surface area contributed by atoms with E-state index < -0.39 is 0 Å². The molecule has 0 unspecified atom stereocenters. The van der Waals surface area contributed by atoms with Crippen molar-refractivity contribution < 1.29 is 18.7 Å². The largest absolute Gasteiger partial charge is 0.493 e. The summed E-state index contributed by atoms with van der Waals surface area (Å²) >= 11 is 0. The molecule has 0 aliphatic heterocycles. The molecule has 1 aromatic carbocycles. The SMILES string of the molecule is COc1ccc(NC(=O)c2ocnc2C(C)C)cc1OC. The third kappa shape index (κ3) is 3.16. The molecule has 6 nitrogen and oxygen atoms in total. The number of anilines is 1. The molecule has 0 aliphatic rings. The molecule has 0 fully saturated rings. The molecule has 1 heterocycles. The van der Waals surface area contributed by atoms with Crippen LogP contribution in [0.4, 0.5) is 5.69 Å². The lowest BCUT2D eigenvalue weighted by molar-refractivity contribution is 0.0995. The number of nitrogens with one attached hydrogen (secondary N) is 1. The van der Waals surface area contributed by atoms with Gasteiger partial charge in [-0.25, -0.2) is 4.98 Å². The van der Waals surface area contributed by atoms with Gasteiger partial charge in [0.05, 0.1) is 19.9 Å². The maximum Gasteiger partial charge on any atom is 0.293 e. The summed E-state index contributed by atoms with van der Waals surface area (Å²) in [7, 11) is 3.09. The van der Waals surface area contributed by atoms with Crippen molar-refractivity contribution in [2.24, 2.45) is 0 Å².